The zero-order valence-electron chi connectivity index (χ0n) is 37.4. The molecule has 0 amide bonds. The fourth-order valence-electron chi connectivity index (χ4n) is 4.86. The van der Waals surface area contributed by atoms with E-state index in [-0.39, 0.29) is 76.0 Å². The van der Waals surface area contributed by atoms with Crippen molar-refractivity contribution in [1.29, 1.82) is 5.26 Å². The van der Waals surface area contributed by atoms with Gasteiger partial charge in [-0.15, -0.1) is 53.6 Å². The molecule has 4 aromatic heterocycles. The van der Waals surface area contributed by atoms with Gasteiger partial charge in [0.1, 0.15) is 11.8 Å². The van der Waals surface area contributed by atoms with Crippen LogP contribution in [0.4, 0.5) is 0 Å². The molecule has 0 aliphatic rings. The second kappa shape index (κ2) is 13.7. The van der Waals surface area contributed by atoms with Crippen LogP contribution < -0.4 is 0 Å². The van der Waals surface area contributed by atoms with Crippen LogP contribution in [-0.4, -0.2) is 15.0 Å². The molecule has 6 aromatic rings. The Kier molecular flexibility index (Phi) is 6.65. The first kappa shape index (κ1) is 22.4. The first-order valence-corrected chi connectivity index (χ1v) is 14.3. The minimum atomic E-state index is -2.62. The van der Waals surface area contributed by atoms with Gasteiger partial charge in [-0.05, 0) is 65.1 Å². The molecule has 2 aromatic carbocycles. The van der Waals surface area contributed by atoms with Crippen molar-refractivity contribution in [2.75, 3.05) is 0 Å². The Morgan fingerprint density at radius 1 is 0.913 bits per heavy atom. The first-order chi connectivity index (χ1) is 25.7. The largest absolute Gasteiger partial charge is 0.486 e. The molecule has 6 rings (SSSR count). The van der Waals surface area contributed by atoms with Crippen molar-refractivity contribution in [1.82, 2.24) is 15.0 Å². The molecule has 0 saturated carbocycles. The standard InChI is InChI=1S/C28H30N3O.C12H10N.Ir/c1-16-9-10-20(22-11-18(13-27(3,4)5)17(2)15-30-22)25-23(16)24-21(28(6,7)8)12-19(14-29)31-26(24)32-25;1-10-7-8-12(13-9-10)11-5-3-2-4-6-11;/h9,11-12,15H,13H2,1-8H3;2-5,7-9H,1H3;/q2*-1;/i1D3,2D3,13D2;1D3;. The van der Waals surface area contributed by atoms with Crippen LogP contribution in [0.25, 0.3) is 44.6 Å². The fraction of sp³-hybridized carbons (Fsp3) is 0.300. The monoisotopic (exact) mass is 796 g/mol. The topological polar surface area (TPSA) is 75.6 Å². The van der Waals surface area contributed by atoms with Crippen molar-refractivity contribution in [3.63, 3.8) is 0 Å². The average molecular weight is 796 g/mol. The van der Waals surface area contributed by atoms with E-state index in [1.807, 2.05) is 45.0 Å². The molecule has 6 heteroatoms. The van der Waals surface area contributed by atoms with Gasteiger partial charge in [0.2, 0.25) is 5.71 Å². The second-order valence-electron chi connectivity index (χ2n) is 12.7. The summed E-state index contributed by atoms with van der Waals surface area (Å²) >= 11 is 0. The molecule has 0 atom stereocenters. The van der Waals surface area contributed by atoms with Gasteiger partial charge in [0.25, 0.3) is 0 Å². The zero-order chi connectivity index (χ0) is 41.8. The van der Waals surface area contributed by atoms with Crippen LogP contribution in [0.1, 0.15) is 90.1 Å². The van der Waals surface area contributed by atoms with Gasteiger partial charge in [0, 0.05) is 53.0 Å². The van der Waals surface area contributed by atoms with E-state index in [1.54, 1.807) is 45.0 Å². The van der Waals surface area contributed by atoms with Gasteiger partial charge in [0.15, 0.2) is 0 Å². The van der Waals surface area contributed by atoms with Gasteiger partial charge < -0.3 is 14.4 Å². The quantitative estimate of drug-likeness (QED) is 0.167. The van der Waals surface area contributed by atoms with E-state index >= 15 is 0 Å². The average Bonchev–Trinajstić information content (AvgIpc) is 3.48. The molecule has 0 aliphatic carbocycles. The van der Waals surface area contributed by atoms with E-state index in [0.29, 0.717) is 10.9 Å². The van der Waals surface area contributed by atoms with Gasteiger partial charge in [-0.1, -0.05) is 83.1 Å². The summed E-state index contributed by atoms with van der Waals surface area (Å²) in [6.07, 6.45) is 0.458. The van der Waals surface area contributed by atoms with Gasteiger partial charge >= 0.3 is 0 Å². The number of fused-ring (bicyclic) bond motifs is 3. The Labute approximate surface area is 301 Å². The molecule has 5 nitrogen and oxygen atoms in total. The molecule has 0 saturated heterocycles. The smallest absolute Gasteiger partial charge is 0.217 e. The van der Waals surface area contributed by atoms with Crippen LogP contribution in [-0.2, 0) is 31.9 Å². The van der Waals surface area contributed by atoms with E-state index < -0.39 is 37.8 Å². The normalized spacial score (nSPS) is 16.2. The zero-order valence-corrected chi connectivity index (χ0v) is 28.8. The summed E-state index contributed by atoms with van der Waals surface area (Å²) in [7, 11) is 0. The van der Waals surface area contributed by atoms with Crippen molar-refractivity contribution in [2.24, 2.45) is 5.41 Å². The molecule has 0 N–H and O–H groups in total. The Balaban J connectivity index is 0.000000353. The molecule has 0 unspecified atom stereocenters. The van der Waals surface area contributed by atoms with Gasteiger partial charge in [-0.25, -0.2) is 4.98 Å². The predicted molar refractivity (Wildman–Crippen MR) is 183 cm³/mol. The Bertz CT molecular complexity index is 2440. The number of hydrogen-bond donors (Lipinski definition) is 0. The van der Waals surface area contributed by atoms with Crippen LogP contribution in [0.15, 0.2) is 71.4 Å². The summed E-state index contributed by atoms with van der Waals surface area (Å²) in [6.45, 7) is 3.58. The SMILES string of the molecule is [2H]C([2H])([2H])c1ccc(-c2[c-]cccc2)nc1.[2H]C([2H])([2H])c1cnc(-c2[c-]cc(C([2H])([2H])[2H])c3c2oc2nc(C#N)cc(C(C)(C)C)c23)cc1C([2H])([2H])C(C)(C)C.[Ir]. The van der Waals surface area contributed by atoms with Crippen molar-refractivity contribution >= 4 is 22.1 Å². The van der Waals surface area contributed by atoms with Crippen molar-refractivity contribution in [3.8, 4) is 28.6 Å². The molecule has 0 aliphatic heterocycles. The summed E-state index contributed by atoms with van der Waals surface area (Å²) in [5, 5.41) is 10.3. The molecule has 237 valence electrons. The number of pyridine rings is 3. The fourth-order valence-corrected chi connectivity index (χ4v) is 4.86. The molecule has 0 bridgehead atoms. The summed E-state index contributed by atoms with van der Waals surface area (Å²) in [6, 6.07) is 23.1. The summed E-state index contributed by atoms with van der Waals surface area (Å²) in [5.74, 6) is 0. The molecular weight excluding hydrogens is 745 g/mol. The van der Waals surface area contributed by atoms with Crippen LogP contribution in [0.3, 0.4) is 0 Å². The van der Waals surface area contributed by atoms with E-state index in [9.17, 15) is 5.26 Å². The second-order valence-corrected chi connectivity index (χ2v) is 12.7. The van der Waals surface area contributed by atoms with E-state index in [2.05, 4.69) is 27.1 Å². The molecular formula is C40H40IrN4O-2. The maximum atomic E-state index is 9.60. The maximum absolute atomic E-state index is 9.60. The van der Waals surface area contributed by atoms with Gasteiger partial charge in [0.05, 0.1) is 5.58 Å². The summed E-state index contributed by atoms with van der Waals surface area (Å²) in [5.41, 5.74) is 1.43. The minimum absolute atomic E-state index is 0. The number of nitrogens with zero attached hydrogens (tertiary/aromatic N) is 4. The number of furan rings is 1. The number of benzene rings is 2. The molecule has 4 heterocycles. The Morgan fingerprint density at radius 2 is 1.70 bits per heavy atom. The molecule has 46 heavy (non-hydrogen) atoms. The first-order valence-electron chi connectivity index (χ1n) is 19.8. The number of hydrogen-bond acceptors (Lipinski definition) is 5. The van der Waals surface area contributed by atoms with E-state index in [4.69, 9.17) is 19.5 Å². The molecule has 0 fully saturated rings. The van der Waals surface area contributed by atoms with E-state index in [0.717, 1.165) is 17.5 Å². The van der Waals surface area contributed by atoms with Crippen molar-refractivity contribution < 1.29 is 39.6 Å². The third-order valence-corrected chi connectivity index (χ3v) is 6.86. The number of aromatic nitrogens is 3. The summed E-state index contributed by atoms with van der Waals surface area (Å²) in [4.78, 5) is 12.8. The van der Waals surface area contributed by atoms with Crippen molar-refractivity contribution in [3.05, 3.63) is 113 Å². The van der Waals surface area contributed by atoms with Crippen LogP contribution >= 0.6 is 0 Å². The third kappa shape index (κ3) is 7.61. The molecule has 1 radical (unpaired) electrons. The van der Waals surface area contributed by atoms with Gasteiger partial charge in [-0.2, -0.15) is 5.26 Å². The maximum Gasteiger partial charge on any atom is 0.217 e. The van der Waals surface area contributed by atoms with Crippen molar-refractivity contribution in [2.45, 2.75) is 73.9 Å². The number of rotatable bonds is 3. The molecule has 0 spiro atoms. The Morgan fingerprint density at radius 3 is 2.30 bits per heavy atom. The van der Waals surface area contributed by atoms with E-state index in [1.165, 1.54) is 18.3 Å². The predicted octanol–water partition coefficient (Wildman–Crippen LogP) is 10.1. The Hall–Kier alpha value is -4.17. The minimum Gasteiger partial charge on any atom is -0.486 e. The van der Waals surface area contributed by atoms with Crippen LogP contribution in [0.2, 0.25) is 0 Å². The van der Waals surface area contributed by atoms with Crippen LogP contribution in [0.5, 0.6) is 0 Å². The number of aryl methyl sites for hydroxylation is 3. The third-order valence-electron chi connectivity index (χ3n) is 6.86. The van der Waals surface area contributed by atoms with Gasteiger partial charge in [-0.3, -0.25) is 0 Å². The number of nitriles is 1. The summed E-state index contributed by atoms with van der Waals surface area (Å²) < 4.78 is 94.1. The van der Waals surface area contributed by atoms with Crippen LogP contribution in [0, 0.1) is 49.4 Å².